The summed E-state index contributed by atoms with van der Waals surface area (Å²) < 4.78 is 41.0. The van der Waals surface area contributed by atoms with Crippen LogP contribution >= 0.6 is 0 Å². The number of rotatable bonds is 9. The monoisotopic (exact) mass is 511 g/mol. The molecule has 1 aliphatic heterocycles. The van der Waals surface area contributed by atoms with E-state index in [2.05, 4.69) is 30.2 Å². The molecule has 11 nitrogen and oxygen atoms in total. The van der Waals surface area contributed by atoms with E-state index in [1.807, 2.05) is 13.0 Å². The van der Waals surface area contributed by atoms with Crippen LogP contribution in [0, 0.1) is 6.92 Å². The Morgan fingerprint density at radius 3 is 2.25 bits per heavy atom. The Hall–Kier alpha value is -3.77. The molecule has 0 fully saturated rings. The van der Waals surface area contributed by atoms with E-state index in [-0.39, 0.29) is 0 Å². The number of pyridine rings is 1. The molecule has 1 aliphatic rings. The first-order valence-corrected chi connectivity index (χ1v) is 12.9. The van der Waals surface area contributed by atoms with Crippen molar-refractivity contribution in [2.45, 2.75) is 38.2 Å². The highest BCUT2D eigenvalue weighted by molar-refractivity contribution is 7.90. The Bertz CT molecular complexity index is 1310. The number of ether oxygens (including phenoxy) is 2. The van der Waals surface area contributed by atoms with Gasteiger partial charge in [-0.3, -0.25) is 15.3 Å². The third-order valence-electron chi connectivity index (χ3n) is 5.99. The normalized spacial score (nSPS) is 17.2. The number of methoxy groups -OCH3 is 2. The second kappa shape index (κ2) is 10.5. The van der Waals surface area contributed by atoms with Crippen molar-refractivity contribution in [2.75, 3.05) is 19.1 Å². The lowest BCUT2D eigenvalue weighted by Gasteiger charge is -2.31. The highest BCUT2D eigenvalue weighted by Crippen LogP contribution is 2.40. The van der Waals surface area contributed by atoms with Crippen LogP contribution in [-0.4, -0.2) is 55.0 Å². The molecule has 190 valence electrons. The van der Waals surface area contributed by atoms with Gasteiger partial charge in [-0.05, 0) is 43.7 Å². The largest absolute Gasteiger partial charge is 0.494 e. The number of amidine groups is 1. The van der Waals surface area contributed by atoms with E-state index in [1.54, 1.807) is 67.7 Å². The second-order valence-corrected chi connectivity index (χ2v) is 10.4. The zero-order valence-corrected chi connectivity index (χ0v) is 21.5. The molecule has 1 unspecified atom stereocenters. The maximum atomic E-state index is 13.5. The summed E-state index contributed by atoms with van der Waals surface area (Å²) in [6.07, 6.45) is 4.00. The second-order valence-electron chi connectivity index (χ2n) is 8.34. The van der Waals surface area contributed by atoms with E-state index < -0.39 is 27.5 Å². The van der Waals surface area contributed by atoms with Crippen LogP contribution < -0.4 is 24.5 Å². The van der Waals surface area contributed by atoms with E-state index in [4.69, 9.17) is 9.47 Å². The molecule has 2 aromatic heterocycles. The fourth-order valence-electron chi connectivity index (χ4n) is 3.79. The molecule has 0 spiro atoms. The van der Waals surface area contributed by atoms with Crippen molar-refractivity contribution in [1.29, 1.82) is 0 Å². The average Bonchev–Trinajstić information content (AvgIpc) is 3.30. The molecule has 0 aliphatic carbocycles. The summed E-state index contributed by atoms with van der Waals surface area (Å²) in [5.74, 6) is 1.33. The molecule has 3 atom stereocenters. The Balaban J connectivity index is 1.71. The number of sulfonamides is 1. The van der Waals surface area contributed by atoms with Crippen molar-refractivity contribution in [3.63, 3.8) is 0 Å². The number of aryl methyl sites for hydroxylation is 1. The van der Waals surface area contributed by atoms with Crippen LogP contribution in [-0.2, 0) is 10.0 Å². The van der Waals surface area contributed by atoms with E-state index in [1.165, 1.54) is 14.2 Å². The minimum absolute atomic E-state index is 0.397. The number of nitrogens with one attached hydrogen (secondary N) is 2. The van der Waals surface area contributed by atoms with Gasteiger partial charge in [-0.15, -0.1) is 0 Å². The molecule has 0 bridgehead atoms. The minimum atomic E-state index is -3.90. The molecule has 36 heavy (non-hydrogen) atoms. The third-order valence-corrected chi connectivity index (χ3v) is 7.93. The van der Waals surface area contributed by atoms with E-state index in [0.717, 1.165) is 5.56 Å². The molecule has 4 rings (SSSR count). The van der Waals surface area contributed by atoms with Crippen LogP contribution in [0.15, 0.2) is 60.1 Å². The van der Waals surface area contributed by atoms with Gasteiger partial charge in [0.05, 0.1) is 19.5 Å². The topological polar surface area (TPSA) is 131 Å². The molecule has 3 heterocycles. The lowest BCUT2D eigenvalue weighted by Crippen LogP contribution is -2.55. The predicted molar refractivity (Wildman–Crippen MR) is 136 cm³/mol. The number of hydrazone groups is 1. The first-order chi connectivity index (χ1) is 17.3. The quantitative estimate of drug-likeness (QED) is 0.444. The Kier molecular flexibility index (Phi) is 7.36. The summed E-state index contributed by atoms with van der Waals surface area (Å²) in [7, 11) is -0.833. The fourth-order valence-corrected chi connectivity index (χ4v) is 5.14. The average molecular weight is 512 g/mol. The minimum Gasteiger partial charge on any atom is -0.494 e. The lowest BCUT2D eigenvalue weighted by molar-refractivity contribution is 0.392. The smallest absolute Gasteiger partial charge is 0.218 e. The van der Waals surface area contributed by atoms with Crippen LogP contribution in [0.5, 0.6) is 11.5 Å². The van der Waals surface area contributed by atoms with Gasteiger partial charge in [0.1, 0.15) is 28.7 Å². The zero-order chi connectivity index (χ0) is 25.9. The van der Waals surface area contributed by atoms with Gasteiger partial charge in [-0.2, -0.15) is 9.82 Å². The maximum absolute atomic E-state index is 13.5. The predicted octanol–water partition coefficient (Wildman–Crippen LogP) is 2.36. The van der Waals surface area contributed by atoms with Gasteiger partial charge in [-0.25, -0.2) is 18.4 Å². The summed E-state index contributed by atoms with van der Waals surface area (Å²) in [6.45, 7) is 5.29. The number of benzene rings is 1. The maximum Gasteiger partial charge on any atom is 0.218 e. The molecule has 1 aromatic carbocycles. The first-order valence-electron chi connectivity index (χ1n) is 11.3. The summed E-state index contributed by atoms with van der Waals surface area (Å²) in [4.78, 5) is 14.7. The number of aromatic nitrogens is 3. The molecule has 0 amide bonds. The Labute approximate surface area is 210 Å². The molecular weight excluding hydrogens is 482 g/mol. The number of anilines is 1. The first kappa shape index (κ1) is 25.3. The third kappa shape index (κ3) is 4.95. The van der Waals surface area contributed by atoms with E-state index in [0.29, 0.717) is 34.5 Å². The van der Waals surface area contributed by atoms with Crippen molar-refractivity contribution < 1.29 is 17.9 Å². The number of para-hydroxylation sites is 1. The number of nitrogens with zero attached hydrogens (tertiary/aromatic N) is 5. The van der Waals surface area contributed by atoms with Crippen LogP contribution in [0.4, 0.5) is 5.69 Å². The van der Waals surface area contributed by atoms with E-state index in [9.17, 15) is 8.42 Å². The summed E-state index contributed by atoms with van der Waals surface area (Å²) >= 11 is 0. The van der Waals surface area contributed by atoms with Gasteiger partial charge in [0, 0.05) is 24.5 Å². The van der Waals surface area contributed by atoms with E-state index >= 15 is 0 Å². The molecule has 2 N–H and O–H groups in total. The van der Waals surface area contributed by atoms with Crippen LogP contribution in [0.3, 0.4) is 0 Å². The van der Waals surface area contributed by atoms with Crippen LogP contribution in [0.25, 0.3) is 0 Å². The van der Waals surface area contributed by atoms with Crippen LogP contribution in [0.2, 0.25) is 0 Å². The number of hydrogen-bond acceptors (Lipinski definition) is 10. The fraction of sp³-hybridized carbons (Fsp3) is 0.333. The van der Waals surface area contributed by atoms with Gasteiger partial charge in [0.15, 0.2) is 12.1 Å². The molecule has 0 saturated heterocycles. The van der Waals surface area contributed by atoms with Crippen molar-refractivity contribution >= 4 is 21.5 Å². The van der Waals surface area contributed by atoms with Gasteiger partial charge in [0.2, 0.25) is 10.0 Å². The highest BCUT2D eigenvalue weighted by atomic mass is 32.2. The van der Waals surface area contributed by atoms with Gasteiger partial charge in [0.25, 0.3) is 0 Å². The summed E-state index contributed by atoms with van der Waals surface area (Å²) in [5, 5.41) is 3.57. The summed E-state index contributed by atoms with van der Waals surface area (Å²) in [6, 6.07) is 10.7. The van der Waals surface area contributed by atoms with Gasteiger partial charge in [-0.1, -0.05) is 19.1 Å². The molecule has 0 saturated carbocycles. The number of hydrogen-bond donors (Lipinski definition) is 2. The SMILES string of the molecule is COc1cccc(OC)c1N1C(c2ccccn2)=NNC1NS(=O)(=O)[C@@H](C)[C@H](C)c1ncc(C)cn1. The Morgan fingerprint density at radius 1 is 1.00 bits per heavy atom. The molecule has 0 radical (unpaired) electrons. The highest BCUT2D eigenvalue weighted by Gasteiger charge is 2.39. The van der Waals surface area contributed by atoms with Crippen LogP contribution in [0.1, 0.15) is 36.8 Å². The van der Waals surface area contributed by atoms with Gasteiger partial charge < -0.3 is 9.47 Å². The lowest BCUT2D eigenvalue weighted by atomic mass is 10.1. The molecule has 12 heteroatoms. The summed E-state index contributed by atoms with van der Waals surface area (Å²) in [5.41, 5.74) is 4.82. The zero-order valence-electron chi connectivity index (χ0n) is 20.7. The van der Waals surface area contributed by atoms with Crippen molar-refractivity contribution in [3.05, 3.63) is 72.1 Å². The molecule has 3 aromatic rings. The van der Waals surface area contributed by atoms with Gasteiger partial charge >= 0.3 is 0 Å². The Morgan fingerprint density at radius 2 is 1.67 bits per heavy atom. The van der Waals surface area contributed by atoms with Crippen molar-refractivity contribution in [3.8, 4) is 11.5 Å². The van der Waals surface area contributed by atoms with Crippen molar-refractivity contribution in [1.82, 2.24) is 25.1 Å². The molecular formula is C24H29N7O4S. The standard InChI is InChI=1S/C24H29N7O4S/c1-15-13-26-22(27-14-15)16(2)17(3)36(32,33)30-24-29-28-23(18-9-6-7-12-25-18)31(24)21-19(34-4)10-8-11-20(21)35-5/h6-14,16-17,24,29-30H,1-5H3/t16-,17-,24?/m0/s1. The van der Waals surface area contributed by atoms with Crippen molar-refractivity contribution in [2.24, 2.45) is 5.10 Å².